The molecule has 0 aliphatic carbocycles. The molecular formula is C17H15N3O4S. The molecular weight excluding hydrogens is 342 g/mol. The van der Waals surface area contributed by atoms with Gasteiger partial charge in [0, 0.05) is 12.4 Å². The largest absolute Gasteiger partial charge is 0.480 e. The maximum atomic E-state index is 12.3. The smallest absolute Gasteiger partial charge is 0.328 e. The Morgan fingerprint density at radius 3 is 2.68 bits per heavy atom. The lowest BCUT2D eigenvalue weighted by Gasteiger charge is -2.14. The zero-order valence-electron chi connectivity index (χ0n) is 13.1. The van der Waals surface area contributed by atoms with Crippen LogP contribution in [-0.4, -0.2) is 39.6 Å². The molecule has 8 heteroatoms. The van der Waals surface area contributed by atoms with Crippen molar-refractivity contribution < 1.29 is 19.4 Å². The lowest BCUT2D eigenvalue weighted by Crippen LogP contribution is -2.43. The number of carbonyl (C=O) groups is 2. The van der Waals surface area contributed by atoms with Crippen LogP contribution in [0.4, 0.5) is 0 Å². The Morgan fingerprint density at radius 2 is 1.96 bits per heavy atom. The van der Waals surface area contributed by atoms with Crippen molar-refractivity contribution in [3.8, 4) is 0 Å². The number of carboxylic acid groups (broad SMARTS) is 1. The van der Waals surface area contributed by atoms with E-state index < -0.39 is 17.9 Å². The molecule has 0 radical (unpaired) electrons. The van der Waals surface area contributed by atoms with E-state index in [1.54, 1.807) is 6.07 Å². The second-order valence-corrected chi connectivity index (χ2v) is 6.25. The molecule has 2 aromatic heterocycles. The number of ether oxygens (including phenoxy) is 1. The van der Waals surface area contributed by atoms with Crippen molar-refractivity contribution in [2.24, 2.45) is 0 Å². The van der Waals surface area contributed by atoms with Crippen LogP contribution in [0.2, 0.25) is 0 Å². The first-order valence-electron chi connectivity index (χ1n) is 7.49. The monoisotopic (exact) mass is 357 g/mol. The molecule has 0 unspecified atom stereocenters. The molecule has 1 aromatic carbocycles. The van der Waals surface area contributed by atoms with E-state index >= 15 is 0 Å². The van der Waals surface area contributed by atoms with Gasteiger partial charge in [-0.2, -0.15) is 0 Å². The topological polar surface area (TPSA) is 101 Å². The lowest BCUT2D eigenvalue weighted by atomic mass is 10.2. The van der Waals surface area contributed by atoms with Crippen LogP contribution in [0.1, 0.15) is 15.2 Å². The van der Waals surface area contributed by atoms with E-state index in [4.69, 9.17) is 4.74 Å². The van der Waals surface area contributed by atoms with E-state index in [0.717, 1.165) is 16.9 Å². The van der Waals surface area contributed by atoms with Crippen LogP contribution >= 0.6 is 11.3 Å². The first-order chi connectivity index (χ1) is 12.1. The number of rotatable bonds is 7. The second-order valence-electron chi connectivity index (χ2n) is 5.22. The first-order valence-corrected chi connectivity index (χ1v) is 8.31. The normalized spacial score (nSPS) is 12.0. The minimum Gasteiger partial charge on any atom is -0.480 e. The molecule has 2 heterocycles. The predicted octanol–water partition coefficient (Wildman–Crippen LogP) is 2.09. The molecule has 0 fully saturated rings. The van der Waals surface area contributed by atoms with Crippen LogP contribution in [0.5, 0.6) is 0 Å². The van der Waals surface area contributed by atoms with Crippen molar-refractivity contribution in [2.45, 2.75) is 12.6 Å². The van der Waals surface area contributed by atoms with Crippen molar-refractivity contribution >= 4 is 33.6 Å². The van der Waals surface area contributed by atoms with Crippen molar-refractivity contribution in [1.82, 2.24) is 15.3 Å². The molecule has 25 heavy (non-hydrogen) atoms. The van der Waals surface area contributed by atoms with Gasteiger partial charge in [0.15, 0.2) is 6.04 Å². The Hall–Kier alpha value is -2.84. The predicted molar refractivity (Wildman–Crippen MR) is 92.4 cm³/mol. The summed E-state index contributed by atoms with van der Waals surface area (Å²) >= 11 is 1.16. The van der Waals surface area contributed by atoms with Gasteiger partial charge in [0.25, 0.3) is 5.91 Å². The number of fused-ring (bicyclic) bond motifs is 1. The van der Waals surface area contributed by atoms with Gasteiger partial charge in [-0.05, 0) is 11.6 Å². The van der Waals surface area contributed by atoms with E-state index in [1.807, 2.05) is 30.3 Å². The van der Waals surface area contributed by atoms with Gasteiger partial charge in [0.05, 0.1) is 18.1 Å². The molecule has 0 aliphatic rings. The summed E-state index contributed by atoms with van der Waals surface area (Å²) in [5.74, 6) is -1.64. The van der Waals surface area contributed by atoms with E-state index in [0.29, 0.717) is 15.2 Å². The van der Waals surface area contributed by atoms with Crippen LogP contribution in [0.3, 0.4) is 0 Å². The molecule has 0 saturated heterocycles. The molecule has 0 bridgehead atoms. The van der Waals surface area contributed by atoms with Gasteiger partial charge in [0.2, 0.25) is 0 Å². The number of benzene rings is 1. The van der Waals surface area contributed by atoms with Crippen molar-refractivity contribution in [1.29, 1.82) is 0 Å². The summed E-state index contributed by atoms with van der Waals surface area (Å²) in [5.41, 5.74) is 1.53. The number of thiophene rings is 1. The summed E-state index contributed by atoms with van der Waals surface area (Å²) in [5, 5.41) is 11.8. The van der Waals surface area contributed by atoms with Crippen molar-refractivity contribution in [3.63, 3.8) is 0 Å². The number of aromatic nitrogens is 2. The zero-order valence-corrected chi connectivity index (χ0v) is 13.9. The molecule has 3 rings (SSSR count). The summed E-state index contributed by atoms with van der Waals surface area (Å²) < 4.78 is 5.42. The van der Waals surface area contributed by atoms with Crippen LogP contribution < -0.4 is 5.32 Å². The number of aliphatic carboxylic acids is 1. The highest BCUT2D eigenvalue weighted by Gasteiger charge is 2.22. The summed E-state index contributed by atoms with van der Waals surface area (Å²) in [6.45, 7) is 0.147. The summed E-state index contributed by atoms with van der Waals surface area (Å²) in [7, 11) is 0. The Balaban J connectivity index is 1.60. The molecule has 7 nitrogen and oxygen atoms in total. The first kappa shape index (κ1) is 17.0. The lowest BCUT2D eigenvalue weighted by molar-refractivity contribution is -0.141. The molecule has 0 aliphatic heterocycles. The summed E-state index contributed by atoms with van der Waals surface area (Å²) in [4.78, 5) is 32.9. The molecule has 2 N–H and O–H groups in total. The molecule has 128 valence electrons. The maximum absolute atomic E-state index is 12.3. The average molecular weight is 357 g/mol. The van der Waals surface area contributed by atoms with Gasteiger partial charge >= 0.3 is 5.97 Å². The van der Waals surface area contributed by atoms with Gasteiger partial charge in [-0.15, -0.1) is 11.3 Å². The quantitative estimate of drug-likeness (QED) is 0.671. The van der Waals surface area contributed by atoms with Gasteiger partial charge in [-0.3, -0.25) is 9.78 Å². The minimum absolute atomic E-state index is 0.128. The van der Waals surface area contributed by atoms with Crippen LogP contribution in [0.25, 0.3) is 10.3 Å². The minimum atomic E-state index is -1.15. The van der Waals surface area contributed by atoms with E-state index in [1.165, 1.54) is 12.4 Å². The fourth-order valence-electron chi connectivity index (χ4n) is 2.16. The highest BCUT2D eigenvalue weighted by atomic mass is 32.1. The van der Waals surface area contributed by atoms with Crippen LogP contribution in [0, 0.1) is 0 Å². The molecule has 0 spiro atoms. The number of carboxylic acids is 1. The van der Waals surface area contributed by atoms with Crippen LogP contribution in [0.15, 0.2) is 48.8 Å². The number of carbonyl (C=O) groups excluding carboxylic acids is 1. The Morgan fingerprint density at radius 1 is 1.20 bits per heavy atom. The van der Waals surface area contributed by atoms with E-state index in [9.17, 15) is 14.7 Å². The van der Waals surface area contributed by atoms with E-state index in [2.05, 4.69) is 15.3 Å². The molecule has 0 saturated carbocycles. The fourth-order valence-corrected chi connectivity index (χ4v) is 3.02. The van der Waals surface area contributed by atoms with Crippen molar-refractivity contribution in [3.05, 3.63) is 59.2 Å². The summed E-state index contributed by atoms with van der Waals surface area (Å²) in [6.07, 6.45) is 3.08. The number of hydrogen-bond acceptors (Lipinski definition) is 6. The van der Waals surface area contributed by atoms with Crippen molar-refractivity contribution in [2.75, 3.05) is 6.61 Å². The third-order valence-electron chi connectivity index (χ3n) is 3.39. The van der Waals surface area contributed by atoms with Crippen LogP contribution in [-0.2, 0) is 16.1 Å². The second kappa shape index (κ2) is 7.82. The average Bonchev–Trinajstić information content (AvgIpc) is 3.06. The Bertz CT molecular complexity index is 849. The Labute approximate surface area is 147 Å². The van der Waals surface area contributed by atoms with E-state index in [-0.39, 0.29) is 13.2 Å². The highest BCUT2D eigenvalue weighted by molar-refractivity contribution is 7.20. The molecule has 3 aromatic rings. The highest BCUT2D eigenvalue weighted by Crippen LogP contribution is 2.21. The molecule has 1 amide bonds. The number of nitrogens with one attached hydrogen (secondary N) is 1. The summed E-state index contributed by atoms with van der Waals surface area (Å²) in [6, 6.07) is 9.85. The third kappa shape index (κ3) is 4.37. The fraction of sp³-hybridized carbons (Fsp3) is 0.176. The van der Waals surface area contributed by atoms with Gasteiger partial charge in [-0.1, -0.05) is 30.3 Å². The third-order valence-corrected chi connectivity index (χ3v) is 4.42. The number of hydrogen-bond donors (Lipinski definition) is 2. The van der Waals surface area contributed by atoms with Gasteiger partial charge in [-0.25, -0.2) is 9.78 Å². The Kier molecular flexibility index (Phi) is 5.32. The van der Waals surface area contributed by atoms with Gasteiger partial charge < -0.3 is 15.2 Å². The standard InChI is InChI=1S/C17H15N3O4S/c21-15(14-8-12-16(25-14)19-7-6-18-12)20-13(17(22)23)10-24-9-11-4-2-1-3-5-11/h1-8,13H,9-10H2,(H,20,21)(H,22,23)/t13-/m0/s1. The number of nitrogens with zero attached hydrogens (tertiary/aromatic N) is 2. The SMILES string of the molecule is O=C(N[C@@H](COCc1ccccc1)C(=O)O)c1cc2nccnc2s1. The zero-order chi connectivity index (χ0) is 17.6. The maximum Gasteiger partial charge on any atom is 0.328 e. The number of amides is 1. The van der Waals surface area contributed by atoms with Gasteiger partial charge in [0.1, 0.15) is 10.3 Å². The molecule has 1 atom stereocenters.